The third-order valence-electron chi connectivity index (χ3n) is 3.88. The minimum absolute atomic E-state index is 0.145. The van der Waals surface area contributed by atoms with Crippen LogP contribution in [0.2, 0.25) is 0 Å². The van der Waals surface area contributed by atoms with Gasteiger partial charge in [-0.1, -0.05) is 0 Å². The molecule has 0 spiro atoms. The fourth-order valence-corrected chi connectivity index (χ4v) is 2.95. The van der Waals surface area contributed by atoms with Gasteiger partial charge in [-0.3, -0.25) is 0 Å². The van der Waals surface area contributed by atoms with E-state index < -0.39 is 0 Å². The van der Waals surface area contributed by atoms with E-state index in [1.54, 1.807) is 0 Å². The summed E-state index contributed by atoms with van der Waals surface area (Å²) < 4.78 is 5.43. The van der Waals surface area contributed by atoms with Gasteiger partial charge >= 0.3 is 6.09 Å². The van der Waals surface area contributed by atoms with Crippen LogP contribution in [0.25, 0.3) is 0 Å². The molecule has 0 aromatic carbocycles. The van der Waals surface area contributed by atoms with E-state index in [1.165, 1.54) is 12.8 Å². The van der Waals surface area contributed by atoms with Crippen molar-refractivity contribution in [1.29, 1.82) is 0 Å². The largest absolute Gasteiger partial charge is 0.444 e. The zero-order valence-electron chi connectivity index (χ0n) is 11.9. The van der Waals surface area contributed by atoms with Gasteiger partial charge in [-0.15, -0.1) is 0 Å². The summed E-state index contributed by atoms with van der Waals surface area (Å²) in [5.41, 5.74) is -0.387. The summed E-state index contributed by atoms with van der Waals surface area (Å²) in [5, 5.41) is 3.46. The van der Waals surface area contributed by atoms with Crippen molar-refractivity contribution < 1.29 is 9.53 Å². The van der Waals surface area contributed by atoms with Crippen LogP contribution in [0.5, 0.6) is 0 Å². The summed E-state index contributed by atoms with van der Waals surface area (Å²) in [6, 6.07) is 0. The number of likely N-dealkylation sites (tertiary alicyclic amines) is 1. The average Bonchev–Trinajstić information content (AvgIpc) is 2.77. The third-order valence-corrected chi connectivity index (χ3v) is 3.88. The van der Waals surface area contributed by atoms with Crippen LogP contribution in [0.3, 0.4) is 0 Å². The normalized spacial score (nSPS) is 29.4. The number of hydrogen-bond donors (Lipinski definition) is 1. The smallest absolute Gasteiger partial charge is 0.410 e. The van der Waals surface area contributed by atoms with E-state index in [9.17, 15) is 4.79 Å². The van der Waals surface area contributed by atoms with Crippen molar-refractivity contribution in [2.24, 2.45) is 11.8 Å². The number of carbonyl (C=O) groups excluding carboxylic acids is 1. The van der Waals surface area contributed by atoms with Crippen LogP contribution in [0.4, 0.5) is 4.79 Å². The predicted octanol–water partition coefficient (Wildman–Crippen LogP) is 2.24. The second kappa shape index (κ2) is 5.47. The van der Waals surface area contributed by atoms with E-state index in [-0.39, 0.29) is 11.7 Å². The second-order valence-corrected chi connectivity index (χ2v) is 6.58. The summed E-state index contributed by atoms with van der Waals surface area (Å²) in [7, 11) is 0. The van der Waals surface area contributed by atoms with Gasteiger partial charge in [0.05, 0.1) is 0 Å². The van der Waals surface area contributed by atoms with Gasteiger partial charge in [0.25, 0.3) is 0 Å². The first-order valence-corrected chi connectivity index (χ1v) is 7.14. The molecule has 4 heteroatoms. The maximum Gasteiger partial charge on any atom is 0.410 e. The topological polar surface area (TPSA) is 41.6 Å². The Hall–Kier alpha value is -0.770. The molecule has 2 heterocycles. The fraction of sp³-hybridized carbons (Fsp3) is 0.929. The molecule has 2 fully saturated rings. The molecule has 0 aliphatic carbocycles. The molecule has 0 bridgehead atoms. The first-order valence-electron chi connectivity index (χ1n) is 7.14. The highest BCUT2D eigenvalue weighted by Crippen LogP contribution is 2.29. The predicted molar refractivity (Wildman–Crippen MR) is 71.5 cm³/mol. The van der Waals surface area contributed by atoms with Crippen LogP contribution < -0.4 is 5.32 Å². The van der Waals surface area contributed by atoms with Gasteiger partial charge in [-0.05, 0) is 65.0 Å². The molecule has 1 N–H and O–H groups in total. The standard InChI is InChI=1S/C14H26N2O2/c1-14(2,3)18-13(17)16-8-6-12(10-16)11-5-4-7-15-9-11/h11-12,15H,4-10H2,1-3H3/t11-,12-/m1/s1. The van der Waals surface area contributed by atoms with Crippen molar-refractivity contribution in [3.05, 3.63) is 0 Å². The van der Waals surface area contributed by atoms with Gasteiger partial charge in [0.15, 0.2) is 0 Å². The zero-order chi connectivity index (χ0) is 13.2. The van der Waals surface area contributed by atoms with E-state index in [1.807, 2.05) is 25.7 Å². The summed E-state index contributed by atoms with van der Waals surface area (Å²) in [5.74, 6) is 1.40. The maximum atomic E-state index is 12.0. The Kier molecular flexibility index (Phi) is 4.15. The van der Waals surface area contributed by atoms with Crippen molar-refractivity contribution in [3.8, 4) is 0 Å². The Morgan fingerprint density at radius 1 is 1.28 bits per heavy atom. The molecule has 4 nitrogen and oxygen atoms in total. The molecular formula is C14H26N2O2. The van der Waals surface area contributed by atoms with Gasteiger partial charge in [0.1, 0.15) is 5.60 Å². The number of ether oxygens (including phenoxy) is 1. The highest BCUT2D eigenvalue weighted by atomic mass is 16.6. The summed E-state index contributed by atoms with van der Waals surface area (Å²) in [6.07, 6.45) is 3.56. The molecule has 0 saturated carbocycles. The second-order valence-electron chi connectivity index (χ2n) is 6.58. The molecule has 0 unspecified atom stereocenters. The highest BCUT2D eigenvalue weighted by molar-refractivity contribution is 5.68. The SMILES string of the molecule is CC(C)(C)OC(=O)N1CC[C@@H]([C@@H]2CCCNC2)C1. The number of amides is 1. The quantitative estimate of drug-likeness (QED) is 0.780. The summed E-state index contributed by atoms with van der Waals surface area (Å²) in [6.45, 7) is 9.76. The number of hydrogen-bond acceptors (Lipinski definition) is 3. The lowest BCUT2D eigenvalue weighted by atomic mass is 9.86. The molecule has 2 aliphatic heterocycles. The van der Waals surface area contributed by atoms with Gasteiger partial charge in [-0.25, -0.2) is 4.79 Å². The van der Waals surface area contributed by atoms with E-state index in [0.717, 1.165) is 38.5 Å². The Morgan fingerprint density at radius 2 is 2.06 bits per heavy atom. The van der Waals surface area contributed by atoms with Crippen molar-refractivity contribution >= 4 is 6.09 Å². The van der Waals surface area contributed by atoms with Crippen LogP contribution in [-0.4, -0.2) is 42.8 Å². The van der Waals surface area contributed by atoms with E-state index in [2.05, 4.69) is 5.32 Å². The molecule has 2 aliphatic rings. The van der Waals surface area contributed by atoms with E-state index in [4.69, 9.17) is 4.74 Å². The lowest BCUT2D eigenvalue weighted by Gasteiger charge is -2.28. The average molecular weight is 254 g/mol. The van der Waals surface area contributed by atoms with E-state index >= 15 is 0 Å². The number of nitrogens with one attached hydrogen (secondary N) is 1. The summed E-state index contributed by atoms with van der Waals surface area (Å²) in [4.78, 5) is 13.9. The molecule has 0 aromatic rings. The first kappa shape index (κ1) is 13.7. The van der Waals surface area contributed by atoms with Crippen molar-refractivity contribution in [2.75, 3.05) is 26.2 Å². The Morgan fingerprint density at radius 3 is 2.67 bits per heavy atom. The lowest BCUT2D eigenvalue weighted by Crippen LogP contribution is -2.38. The maximum absolute atomic E-state index is 12.0. The number of rotatable bonds is 1. The molecule has 2 atom stereocenters. The monoisotopic (exact) mass is 254 g/mol. The van der Waals surface area contributed by atoms with Gasteiger partial charge in [0, 0.05) is 13.1 Å². The van der Waals surface area contributed by atoms with Crippen molar-refractivity contribution in [3.63, 3.8) is 0 Å². The van der Waals surface area contributed by atoms with Crippen LogP contribution in [-0.2, 0) is 4.74 Å². The number of nitrogens with zero attached hydrogens (tertiary/aromatic N) is 1. The highest BCUT2D eigenvalue weighted by Gasteiger charge is 2.34. The Balaban J connectivity index is 1.82. The van der Waals surface area contributed by atoms with Gasteiger partial charge < -0.3 is 15.0 Å². The fourth-order valence-electron chi connectivity index (χ4n) is 2.95. The Labute approximate surface area is 110 Å². The van der Waals surface area contributed by atoms with E-state index in [0.29, 0.717) is 5.92 Å². The molecule has 1 amide bonds. The van der Waals surface area contributed by atoms with Gasteiger partial charge in [0.2, 0.25) is 0 Å². The van der Waals surface area contributed by atoms with Crippen LogP contribution in [0.1, 0.15) is 40.0 Å². The van der Waals surface area contributed by atoms with Crippen molar-refractivity contribution in [1.82, 2.24) is 10.2 Å². The number of piperidine rings is 1. The summed E-state index contributed by atoms with van der Waals surface area (Å²) >= 11 is 0. The van der Waals surface area contributed by atoms with Gasteiger partial charge in [-0.2, -0.15) is 0 Å². The first-order chi connectivity index (χ1) is 8.46. The minimum Gasteiger partial charge on any atom is -0.444 e. The van der Waals surface area contributed by atoms with Crippen LogP contribution >= 0.6 is 0 Å². The third kappa shape index (κ3) is 3.61. The Bertz CT molecular complexity index is 293. The minimum atomic E-state index is -0.387. The molecule has 0 radical (unpaired) electrons. The zero-order valence-corrected chi connectivity index (χ0v) is 11.9. The number of carbonyl (C=O) groups is 1. The molecule has 0 aromatic heterocycles. The van der Waals surface area contributed by atoms with Crippen LogP contribution in [0.15, 0.2) is 0 Å². The van der Waals surface area contributed by atoms with Crippen molar-refractivity contribution in [2.45, 2.75) is 45.6 Å². The lowest BCUT2D eigenvalue weighted by molar-refractivity contribution is 0.0282. The molecule has 18 heavy (non-hydrogen) atoms. The molecular weight excluding hydrogens is 228 g/mol. The molecule has 2 rings (SSSR count). The molecule has 2 saturated heterocycles. The molecule has 104 valence electrons. The van der Waals surface area contributed by atoms with Crippen LogP contribution in [0, 0.1) is 11.8 Å².